The van der Waals surface area contributed by atoms with Gasteiger partial charge in [0.1, 0.15) is 0 Å². The van der Waals surface area contributed by atoms with Gasteiger partial charge in [0.25, 0.3) is 0 Å². The van der Waals surface area contributed by atoms with E-state index in [1.165, 1.54) is 0 Å². The monoisotopic (exact) mass is 168 g/mol. The van der Waals surface area contributed by atoms with Crippen molar-refractivity contribution in [3.05, 3.63) is 0 Å². The van der Waals surface area contributed by atoms with Gasteiger partial charge >= 0.3 is 0 Å². The average molecular weight is 168 g/mol. The summed E-state index contributed by atoms with van der Waals surface area (Å²) in [6, 6.07) is 0. The summed E-state index contributed by atoms with van der Waals surface area (Å²) in [5.41, 5.74) is -0.119. The van der Waals surface area contributed by atoms with E-state index in [0.29, 0.717) is 5.78 Å². The van der Waals surface area contributed by atoms with Gasteiger partial charge in [0, 0.05) is 26.1 Å². The maximum atomic E-state index is 11.6. The molecule has 2 heterocycles. The van der Waals surface area contributed by atoms with Gasteiger partial charge in [0.15, 0.2) is 5.78 Å². The van der Waals surface area contributed by atoms with Crippen LogP contribution in [-0.2, 0) is 4.79 Å². The SMILES string of the molecule is CN1CCC2(CC1)NCCC2=O. The summed E-state index contributed by atoms with van der Waals surface area (Å²) in [6.07, 6.45) is 2.74. The third kappa shape index (κ3) is 1.17. The molecule has 1 N–H and O–H groups in total. The predicted octanol–water partition coefficient (Wildman–Crippen LogP) is 0.0132. The van der Waals surface area contributed by atoms with Crippen LogP contribution in [0.2, 0.25) is 0 Å². The Hall–Kier alpha value is -0.410. The Morgan fingerprint density at radius 1 is 1.42 bits per heavy atom. The normalized spacial score (nSPS) is 29.9. The van der Waals surface area contributed by atoms with Gasteiger partial charge in [-0.1, -0.05) is 0 Å². The number of likely N-dealkylation sites (tertiary alicyclic amines) is 1. The molecule has 0 radical (unpaired) electrons. The Labute approximate surface area is 73.1 Å². The molecular formula is C9H16N2O. The Morgan fingerprint density at radius 3 is 2.58 bits per heavy atom. The van der Waals surface area contributed by atoms with Crippen LogP contribution in [0.4, 0.5) is 0 Å². The van der Waals surface area contributed by atoms with Crippen molar-refractivity contribution >= 4 is 5.78 Å². The highest BCUT2D eigenvalue weighted by molar-refractivity contribution is 5.90. The van der Waals surface area contributed by atoms with Crippen LogP contribution in [0.5, 0.6) is 0 Å². The van der Waals surface area contributed by atoms with Gasteiger partial charge in [0.05, 0.1) is 5.54 Å². The third-order valence-corrected chi connectivity index (χ3v) is 3.19. The van der Waals surface area contributed by atoms with Gasteiger partial charge in [-0.15, -0.1) is 0 Å². The van der Waals surface area contributed by atoms with Crippen molar-refractivity contribution in [1.29, 1.82) is 0 Å². The van der Waals surface area contributed by atoms with Crippen LogP contribution in [0.15, 0.2) is 0 Å². The van der Waals surface area contributed by atoms with E-state index in [1.54, 1.807) is 0 Å². The second-order valence-corrected chi connectivity index (χ2v) is 3.99. The topological polar surface area (TPSA) is 32.3 Å². The lowest BCUT2D eigenvalue weighted by Crippen LogP contribution is -2.53. The minimum absolute atomic E-state index is 0.119. The lowest BCUT2D eigenvalue weighted by Gasteiger charge is -2.36. The van der Waals surface area contributed by atoms with Crippen molar-refractivity contribution in [2.24, 2.45) is 0 Å². The van der Waals surface area contributed by atoms with E-state index in [9.17, 15) is 4.79 Å². The van der Waals surface area contributed by atoms with E-state index >= 15 is 0 Å². The fourth-order valence-electron chi connectivity index (χ4n) is 2.21. The van der Waals surface area contributed by atoms with Crippen molar-refractivity contribution in [1.82, 2.24) is 10.2 Å². The van der Waals surface area contributed by atoms with Crippen molar-refractivity contribution in [2.75, 3.05) is 26.7 Å². The second-order valence-electron chi connectivity index (χ2n) is 3.99. The Bertz CT molecular complexity index is 195. The van der Waals surface area contributed by atoms with Gasteiger partial charge in [0.2, 0.25) is 0 Å². The zero-order chi connectivity index (χ0) is 8.60. The summed E-state index contributed by atoms with van der Waals surface area (Å²) in [5, 5.41) is 3.37. The molecule has 0 aromatic heterocycles. The lowest BCUT2D eigenvalue weighted by atomic mass is 9.85. The number of ketones is 1. The summed E-state index contributed by atoms with van der Waals surface area (Å²) in [5.74, 6) is 0.440. The fraction of sp³-hybridized carbons (Fsp3) is 0.889. The summed E-state index contributed by atoms with van der Waals surface area (Å²) in [7, 11) is 2.12. The van der Waals surface area contributed by atoms with E-state index in [0.717, 1.165) is 38.9 Å². The van der Waals surface area contributed by atoms with E-state index in [4.69, 9.17) is 0 Å². The van der Waals surface area contributed by atoms with E-state index < -0.39 is 0 Å². The molecule has 12 heavy (non-hydrogen) atoms. The highest BCUT2D eigenvalue weighted by Crippen LogP contribution is 2.27. The second kappa shape index (κ2) is 2.82. The molecule has 0 atom stereocenters. The molecule has 3 heteroatoms. The van der Waals surface area contributed by atoms with Crippen molar-refractivity contribution in [3.8, 4) is 0 Å². The molecule has 0 aliphatic carbocycles. The first-order valence-corrected chi connectivity index (χ1v) is 4.70. The number of nitrogens with zero attached hydrogens (tertiary/aromatic N) is 1. The highest BCUT2D eigenvalue weighted by atomic mass is 16.1. The van der Waals surface area contributed by atoms with Gasteiger partial charge < -0.3 is 10.2 Å². The predicted molar refractivity (Wildman–Crippen MR) is 47.1 cm³/mol. The molecule has 2 aliphatic rings. The van der Waals surface area contributed by atoms with Gasteiger partial charge in [-0.3, -0.25) is 4.79 Å². The van der Waals surface area contributed by atoms with Crippen LogP contribution >= 0.6 is 0 Å². The number of rotatable bonds is 0. The number of piperidine rings is 1. The molecule has 0 amide bonds. The standard InChI is InChI=1S/C9H16N2O/c1-11-6-3-9(4-7-11)8(12)2-5-10-9/h10H,2-7H2,1H3. The molecular weight excluding hydrogens is 152 g/mol. The first-order valence-electron chi connectivity index (χ1n) is 4.70. The molecule has 0 unspecified atom stereocenters. The average Bonchev–Trinajstić information content (AvgIpc) is 2.41. The minimum Gasteiger partial charge on any atom is -0.306 e. The summed E-state index contributed by atoms with van der Waals surface area (Å²) < 4.78 is 0. The molecule has 0 bridgehead atoms. The van der Waals surface area contributed by atoms with Crippen LogP contribution in [-0.4, -0.2) is 42.9 Å². The molecule has 68 valence electrons. The summed E-state index contributed by atoms with van der Waals surface area (Å²) >= 11 is 0. The Balaban J connectivity index is 2.07. The van der Waals surface area contributed by atoms with Crippen LogP contribution in [0.3, 0.4) is 0 Å². The number of hydrogen-bond acceptors (Lipinski definition) is 3. The van der Waals surface area contributed by atoms with Crippen molar-refractivity contribution in [2.45, 2.75) is 24.8 Å². The van der Waals surface area contributed by atoms with E-state index in [1.807, 2.05) is 0 Å². The molecule has 2 fully saturated rings. The van der Waals surface area contributed by atoms with Crippen LogP contribution in [0.1, 0.15) is 19.3 Å². The van der Waals surface area contributed by atoms with E-state index in [2.05, 4.69) is 17.3 Å². The smallest absolute Gasteiger partial charge is 0.154 e. The van der Waals surface area contributed by atoms with Gasteiger partial charge in [-0.25, -0.2) is 0 Å². The number of Topliss-reactive ketones (excluding diaryl/α,β-unsaturated/α-hetero) is 1. The zero-order valence-electron chi connectivity index (χ0n) is 7.60. The summed E-state index contributed by atoms with van der Waals surface area (Å²) in [6.45, 7) is 3.00. The van der Waals surface area contributed by atoms with Crippen LogP contribution in [0, 0.1) is 0 Å². The molecule has 0 aromatic carbocycles. The zero-order valence-corrected chi connectivity index (χ0v) is 7.60. The Kier molecular flexibility index (Phi) is 1.93. The first-order chi connectivity index (χ1) is 5.73. The summed E-state index contributed by atoms with van der Waals surface area (Å²) in [4.78, 5) is 13.9. The Morgan fingerprint density at radius 2 is 2.08 bits per heavy atom. The number of carbonyl (C=O) groups excluding carboxylic acids is 1. The minimum atomic E-state index is -0.119. The number of hydrogen-bond donors (Lipinski definition) is 1. The van der Waals surface area contributed by atoms with Gasteiger partial charge in [-0.2, -0.15) is 0 Å². The maximum Gasteiger partial charge on any atom is 0.154 e. The first kappa shape index (κ1) is 8.20. The van der Waals surface area contributed by atoms with Crippen molar-refractivity contribution < 1.29 is 4.79 Å². The molecule has 2 aliphatic heterocycles. The highest BCUT2D eigenvalue weighted by Gasteiger charge is 2.42. The lowest BCUT2D eigenvalue weighted by molar-refractivity contribution is -0.123. The van der Waals surface area contributed by atoms with Crippen molar-refractivity contribution in [3.63, 3.8) is 0 Å². The molecule has 0 aromatic rings. The fourth-order valence-corrected chi connectivity index (χ4v) is 2.21. The molecule has 2 rings (SSSR count). The quantitative estimate of drug-likeness (QED) is 0.553. The van der Waals surface area contributed by atoms with Crippen LogP contribution < -0.4 is 5.32 Å². The van der Waals surface area contributed by atoms with E-state index in [-0.39, 0.29) is 5.54 Å². The van der Waals surface area contributed by atoms with Gasteiger partial charge in [-0.05, 0) is 19.9 Å². The molecule has 1 spiro atoms. The number of nitrogens with one attached hydrogen (secondary N) is 1. The largest absolute Gasteiger partial charge is 0.306 e. The number of carbonyl (C=O) groups is 1. The third-order valence-electron chi connectivity index (χ3n) is 3.19. The molecule has 3 nitrogen and oxygen atoms in total. The molecule has 0 saturated carbocycles. The maximum absolute atomic E-state index is 11.6. The van der Waals surface area contributed by atoms with Crippen LogP contribution in [0.25, 0.3) is 0 Å². The molecule has 2 saturated heterocycles.